The molecule has 3 nitrogen and oxygen atoms in total. The molecular weight excluding hydrogens is 200 g/mol. The Morgan fingerprint density at radius 3 is 1.19 bits per heavy atom. The van der Waals surface area contributed by atoms with Gasteiger partial charge in [0.25, 0.3) is 0 Å². The fraction of sp³-hybridized carbons (Fsp3) is 0.154. The van der Waals surface area contributed by atoms with Crippen molar-refractivity contribution < 1.29 is 4.79 Å². The fourth-order valence-corrected chi connectivity index (χ4v) is 1.41. The Labute approximate surface area is 94.0 Å². The number of ketones is 1. The number of carbonyl (C=O) groups excluding carboxylic acids is 1. The second kappa shape index (κ2) is 4.43. The zero-order valence-electron chi connectivity index (χ0n) is 8.84. The van der Waals surface area contributed by atoms with E-state index in [-0.39, 0.29) is 17.9 Å². The van der Waals surface area contributed by atoms with Crippen LogP contribution in [0.1, 0.15) is 0 Å². The van der Waals surface area contributed by atoms with Crippen molar-refractivity contribution >= 4 is 16.6 Å². The van der Waals surface area contributed by atoms with Gasteiger partial charge in [-0.25, -0.2) is 0 Å². The molecule has 0 bridgehead atoms. The summed E-state index contributed by atoms with van der Waals surface area (Å²) in [5.41, 5.74) is 10.1. The lowest BCUT2D eigenvalue weighted by Crippen LogP contribution is -2.12. The maximum absolute atomic E-state index is 9.97. The molecular formula is C13H14N2O. The maximum Gasteiger partial charge on any atom is 0.170 e. The lowest BCUT2D eigenvalue weighted by Gasteiger charge is -1.92. The number of hydrogen-bond acceptors (Lipinski definition) is 3. The van der Waals surface area contributed by atoms with E-state index < -0.39 is 0 Å². The third kappa shape index (κ3) is 2.27. The predicted octanol–water partition coefficient (Wildman–Crippen LogP) is 1.06. The van der Waals surface area contributed by atoms with E-state index in [1.165, 1.54) is 10.8 Å². The molecule has 2 unspecified atom stereocenters. The third-order valence-electron chi connectivity index (χ3n) is 2.59. The van der Waals surface area contributed by atoms with E-state index in [2.05, 4.69) is 48.5 Å². The zero-order chi connectivity index (χ0) is 11.5. The van der Waals surface area contributed by atoms with Gasteiger partial charge in [0.15, 0.2) is 5.78 Å². The molecule has 0 saturated heterocycles. The van der Waals surface area contributed by atoms with Gasteiger partial charge in [0.1, 0.15) is 0 Å². The van der Waals surface area contributed by atoms with Crippen molar-refractivity contribution in [2.45, 2.75) is 12.1 Å². The number of Topliss-reactive ketones (excluding diaryl/α,β-unsaturated/α-hetero) is 1. The second-order valence-electron chi connectivity index (χ2n) is 3.80. The number of hydrogen-bond donors (Lipinski definition) is 2. The minimum absolute atomic E-state index is 0.0185. The molecule has 3 rings (SSSR count). The van der Waals surface area contributed by atoms with Crippen molar-refractivity contribution in [3.8, 4) is 0 Å². The maximum atomic E-state index is 9.97. The summed E-state index contributed by atoms with van der Waals surface area (Å²) >= 11 is 0. The van der Waals surface area contributed by atoms with Gasteiger partial charge in [-0.15, -0.1) is 0 Å². The van der Waals surface area contributed by atoms with Crippen LogP contribution in [0.15, 0.2) is 48.5 Å². The van der Waals surface area contributed by atoms with Crippen LogP contribution in [0.5, 0.6) is 0 Å². The SMILES string of the molecule is NC1C(=O)C1N.c1ccc2ccccc2c1. The largest absolute Gasteiger partial charge is 0.320 e. The van der Waals surface area contributed by atoms with E-state index in [0.717, 1.165) is 0 Å². The summed E-state index contributed by atoms with van der Waals surface area (Å²) < 4.78 is 0. The molecule has 16 heavy (non-hydrogen) atoms. The van der Waals surface area contributed by atoms with Gasteiger partial charge >= 0.3 is 0 Å². The highest BCUT2D eigenvalue weighted by atomic mass is 16.1. The van der Waals surface area contributed by atoms with Crippen molar-refractivity contribution in [1.29, 1.82) is 0 Å². The van der Waals surface area contributed by atoms with E-state index >= 15 is 0 Å². The molecule has 2 aromatic rings. The van der Waals surface area contributed by atoms with E-state index in [1.807, 2.05) is 0 Å². The highest BCUT2D eigenvalue weighted by Crippen LogP contribution is 2.11. The van der Waals surface area contributed by atoms with Gasteiger partial charge in [-0.05, 0) is 10.8 Å². The number of rotatable bonds is 0. The summed E-state index contributed by atoms with van der Waals surface area (Å²) in [7, 11) is 0. The first-order valence-electron chi connectivity index (χ1n) is 5.19. The monoisotopic (exact) mass is 214 g/mol. The Morgan fingerprint density at radius 1 is 0.750 bits per heavy atom. The molecule has 0 aliphatic heterocycles. The van der Waals surface area contributed by atoms with E-state index in [1.54, 1.807) is 0 Å². The minimum atomic E-state index is -0.343. The molecule has 4 N–H and O–H groups in total. The number of fused-ring (bicyclic) bond motifs is 1. The van der Waals surface area contributed by atoms with Crippen LogP contribution in [0.3, 0.4) is 0 Å². The van der Waals surface area contributed by atoms with Crippen LogP contribution in [-0.2, 0) is 4.79 Å². The lowest BCUT2D eigenvalue weighted by atomic mass is 10.1. The van der Waals surface area contributed by atoms with Gasteiger partial charge in [-0.1, -0.05) is 48.5 Å². The average molecular weight is 214 g/mol. The van der Waals surface area contributed by atoms with E-state index in [0.29, 0.717) is 0 Å². The third-order valence-corrected chi connectivity index (χ3v) is 2.59. The summed E-state index contributed by atoms with van der Waals surface area (Å²) in [6.45, 7) is 0. The first kappa shape index (κ1) is 10.8. The molecule has 0 heterocycles. The lowest BCUT2D eigenvalue weighted by molar-refractivity contribution is -0.110. The Kier molecular flexibility index (Phi) is 2.99. The molecule has 2 atom stereocenters. The summed E-state index contributed by atoms with van der Waals surface area (Å²) in [6.07, 6.45) is 0. The van der Waals surface area contributed by atoms with Crippen molar-refractivity contribution in [2.24, 2.45) is 11.5 Å². The summed E-state index contributed by atoms with van der Waals surface area (Å²) in [5, 5.41) is 2.62. The van der Waals surface area contributed by atoms with E-state index in [4.69, 9.17) is 11.5 Å². The van der Waals surface area contributed by atoms with Gasteiger partial charge in [0, 0.05) is 0 Å². The van der Waals surface area contributed by atoms with Gasteiger partial charge in [0.05, 0.1) is 12.1 Å². The second-order valence-corrected chi connectivity index (χ2v) is 3.80. The molecule has 0 amide bonds. The number of benzene rings is 2. The van der Waals surface area contributed by atoms with Crippen molar-refractivity contribution in [2.75, 3.05) is 0 Å². The van der Waals surface area contributed by atoms with Gasteiger partial charge < -0.3 is 11.5 Å². The molecule has 82 valence electrons. The molecule has 0 radical (unpaired) electrons. The van der Waals surface area contributed by atoms with Gasteiger partial charge in [0.2, 0.25) is 0 Å². The van der Waals surface area contributed by atoms with Crippen LogP contribution in [0.2, 0.25) is 0 Å². The molecule has 0 aromatic heterocycles. The quantitative estimate of drug-likeness (QED) is 0.689. The standard InChI is InChI=1S/C10H8.C3H6N2O/c1-2-6-10-8-4-3-7-9(10)5-1;4-1-2(5)3(1)6/h1-8H;1-2H,4-5H2. The molecule has 1 saturated carbocycles. The van der Waals surface area contributed by atoms with Crippen LogP contribution in [0.25, 0.3) is 10.8 Å². The minimum Gasteiger partial charge on any atom is -0.320 e. The fourth-order valence-electron chi connectivity index (χ4n) is 1.41. The Hall–Kier alpha value is -1.71. The molecule has 0 spiro atoms. The zero-order valence-corrected chi connectivity index (χ0v) is 8.84. The molecule has 3 heteroatoms. The Balaban J connectivity index is 0.000000138. The topological polar surface area (TPSA) is 69.1 Å². The van der Waals surface area contributed by atoms with Crippen LogP contribution in [0, 0.1) is 0 Å². The van der Waals surface area contributed by atoms with Crippen LogP contribution in [-0.4, -0.2) is 17.9 Å². The molecule has 1 aliphatic carbocycles. The van der Waals surface area contributed by atoms with E-state index in [9.17, 15) is 4.79 Å². The Morgan fingerprint density at radius 2 is 1.00 bits per heavy atom. The van der Waals surface area contributed by atoms with Crippen molar-refractivity contribution in [3.63, 3.8) is 0 Å². The highest BCUT2D eigenvalue weighted by Gasteiger charge is 2.42. The Bertz CT molecular complexity index is 435. The summed E-state index contributed by atoms with van der Waals surface area (Å²) in [5.74, 6) is -0.0185. The smallest absolute Gasteiger partial charge is 0.170 e. The summed E-state index contributed by atoms with van der Waals surface area (Å²) in [6, 6.07) is 16.0. The van der Waals surface area contributed by atoms with Crippen LogP contribution >= 0.6 is 0 Å². The highest BCUT2D eigenvalue weighted by molar-refractivity contribution is 6.06. The predicted molar refractivity (Wildman–Crippen MR) is 64.9 cm³/mol. The number of carbonyl (C=O) groups is 1. The first-order chi connectivity index (χ1) is 7.70. The molecule has 1 fully saturated rings. The summed E-state index contributed by atoms with van der Waals surface area (Å²) in [4.78, 5) is 9.97. The molecule has 2 aromatic carbocycles. The van der Waals surface area contributed by atoms with Crippen molar-refractivity contribution in [3.05, 3.63) is 48.5 Å². The average Bonchev–Trinajstić information content (AvgIpc) is 2.87. The van der Waals surface area contributed by atoms with Gasteiger partial charge in [-0.2, -0.15) is 0 Å². The van der Waals surface area contributed by atoms with Crippen LogP contribution < -0.4 is 11.5 Å². The molecule has 1 aliphatic rings. The van der Waals surface area contributed by atoms with Crippen molar-refractivity contribution in [1.82, 2.24) is 0 Å². The van der Waals surface area contributed by atoms with Crippen LogP contribution in [0.4, 0.5) is 0 Å². The van der Waals surface area contributed by atoms with Gasteiger partial charge in [-0.3, -0.25) is 4.79 Å². The normalized spacial score (nSPS) is 22.5. The first-order valence-corrected chi connectivity index (χ1v) is 5.19. The number of nitrogens with two attached hydrogens (primary N) is 2.